The second-order valence-electron chi connectivity index (χ2n) is 8.97. The van der Waals surface area contributed by atoms with E-state index in [2.05, 4.69) is 31.2 Å². The molecule has 0 aliphatic heterocycles. The van der Waals surface area contributed by atoms with E-state index >= 15 is 4.39 Å². The first-order valence-electron chi connectivity index (χ1n) is 11.8. The summed E-state index contributed by atoms with van der Waals surface area (Å²) in [5.41, 5.74) is 12.6. The van der Waals surface area contributed by atoms with Crippen LogP contribution in [0.3, 0.4) is 0 Å². The number of H-pyrrole nitrogens is 3. The van der Waals surface area contributed by atoms with Gasteiger partial charge in [-0.2, -0.15) is 5.10 Å². The minimum Gasteiger partial charge on any atom is -0.490 e. The van der Waals surface area contributed by atoms with Gasteiger partial charge in [-0.15, -0.1) is 0 Å². The Kier molecular flexibility index (Phi) is 5.50. The second-order valence-corrected chi connectivity index (χ2v) is 8.97. The molecule has 0 saturated heterocycles. The monoisotopic (exact) mass is 480 g/mol. The van der Waals surface area contributed by atoms with Crippen LogP contribution < -0.4 is 10.5 Å². The summed E-state index contributed by atoms with van der Waals surface area (Å²) in [6.45, 7) is 2.18. The highest BCUT2D eigenvalue weighted by Crippen LogP contribution is 2.36. The van der Waals surface area contributed by atoms with Gasteiger partial charge in [-0.1, -0.05) is 18.2 Å². The predicted octanol–water partition coefficient (Wildman–Crippen LogP) is 5.50. The third-order valence-electron chi connectivity index (χ3n) is 6.47. The van der Waals surface area contributed by atoms with Crippen LogP contribution in [-0.2, 0) is 6.42 Å². The van der Waals surface area contributed by atoms with Gasteiger partial charge in [0.1, 0.15) is 18.2 Å². The van der Waals surface area contributed by atoms with Crippen molar-refractivity contribution in [1.29, 1.82) is 0 Å². The largest absolute Gasteiger partial charge is 0.490 e. The van der Waals surface area contributed by atoms with Crippen LogP contribution in [0, 0.1) is 12.7 Å². The molecule has 0 unspecified atom stereocenters. The maximum Gasteiger partial charge on any atom is 0.138 e. The third-order valence-corrected chi connectivity index (χ3v) is 6.47. The van der Waals surface area contributed by atoms with E-state index in [0.29, 0.717) is 41.1 Å². The fraction of sp³-hybridized carbons (Fsp3) is 0.143. The Labute approximate surface area is 206 Å². The van der Waals surface area contributed by atoms with E-state index in [1.165, 1.54) is 6.07 Å². The molecule has 36 heavy (non-hydrogen) atoms. The first-order valence-corrected chi connectivity index (χ1v) is 11.8. The molecule has 5 N–H and O–H groups in total. The van der Waals surface area contributed by atoms with Gasteiger partial charge in [0.2, 0.25) is 0 Å². The van der Waals surface area contributed by atoms with Crippen LogP contribution in [0.5, 0.6) is 5.75 Å². The van der Waals surface area contributed by atoms with E-state index in [-0.39, 0.29) is 11.9 Å². The Hall–Kier alpha value is -4.43. The molecule has 0 fully saturated rings. The Balaban J connectivity index is 1.30. The molecule has 6 aromatic rings. The van der Waals surface area contributed by atoms with Crippen molar-refractivity contribution in [3.63, 3.8) is 0 Å². The number of halogens is 1. The molecule has 0 spiro atoms. The van der Waals surface area contributed by atoms with Crippen molar-refractivity contribution in [1.82, 2.24) is 25.1 Å². The average molecular weight is 481 g/mol. The number of nitrogens with one attached hydrogen (secondary N) is 3. The standard InChI is InChI=1S/C28H25FN6O/c1-16-21-11-22(24(29)12-27(21)35-34-16)23-10-19(14-33-28(23)26-7-4-8-31-26)36-15-18(30)9-17-13-32-25-6-3-2-5-20(17)25/h2-8,10-14,18,31-32H,9,15,30H2,1H3,(H,34,35)/t18-/m0/s1. The topological polar surface area (TPSA) is 108 Å². The first kappa shape index (κ1) is 22.1. The lowest BCUT2D eigenvalue weighted by Gasteiger charge is -2.15. The second kappa shape index (κ2) is 8.98. The molecule has 4 heterocycles. The lowest BCUT2D eigenvalue weighted by Crippen LogP contribution is -2.30. The number of para-hydroxylation sites is 1. The van der Waals surface area contributed by atoms with E-state index in [1.807, 2.05) is 55.7 Å². The van der Waals surface area contributed by atoms with Gasteiger partial charge >= 0.3 is 0 Å². The molecule has 0 bridgehead atoms. The van der Waals surface area contributed by atoms with Crippen LogP contribution in [0.1, 0.15) is 11.3 Å². The molecule has 0 radical (unpaired) electrons. The SMILES string of the molecule is Cc1n[nH]c2cc(F)c(-c3cc(OC[C@@H](N)Cc4c[nH]c5ccccc45)cnc3-c3ccc[nH]3)cc12. The van der Waals surface area contributed by atoms with Crippen LogP contribution in [-0.4, -0.2) is 37.8 Å². The Morgan fingerprint density at radius 1 is 1.00 bits per heavy atom. The summed E-state index contributed by atoms with van der Waals surface area (Å²) >= 11 is 0. The molecule has 0 amide bonds. The summed E-state index contributed by atoms with van der Waals surface area (Å²) in [6.07, 6.45) is 6.12. The Morgan fingerprint density at radius 2 is 1.89 bits per heavy atom. The molecule has 2 aromatic carbocycles. The number of aryl methyl sites for hydroxylation is 1. The summed E-state index contributed by atoms with van der Waals surface area (Å²) in [4.78, 5) is 11.1. The van der Waals surface area contributed by atoms with E-state index in [4.69, 9.17) is 10.5 Å². The molecule has 7 nitrogen and oxygen atoms in total. The summed E-state index contributed by atoms with van der Waals surface area (Å²) in [7, 11) is 0. The van der Waals surface area contributed by atoms with Crippen LogP contribution in [0.25, 0.3) is 44.3 Å². The van der Waals surface area contributed by atoms with Crippen LogP contribution in [0.4, 0.5) is 4.39 Å². The summed E-state index contributed by atoms with van der Waals surface area (Å²) < 4.78 is 21.3. The van der Waals surface area contributed by atoms with Crippen LogP contribution in [0.15, 0.2) is 73.2 Å². The van der Waals surface area contributed by atoms with Gasteiger partial charge in [0.05, 0.1) is 28.8 Å². The van der Waals surface area contributed by atoms with Crippen molar-refractivity contribution in [2.75, 3.05) is 6.61 Å². The molecular formula is C28H25FN6O. The number of nitrogens with two attached hydrogens (primary N) is 1. The molecule has 4 aromatic heterocycles. The van der Waals surface area contributed by atoms with Gasteiger partial charge in [0.15, 0.2) is 0 Å². The fourth-order valence-electron chi connectivity index (χ4n) is 4.64. The lowest BCUT2D eigenvalue weighted by molar-refractivity contribution is 0.287. The average Bonchev–Trinajstić information content (AvgIpc) is 3.64. The predicted molar refractivity (Wildman–Crippen MR) is 139 cm³/mol. The summed E-state index contributed by atoms with van der Waals surface area (Å²) in [6, 6.07) is 16.8. The van der Waals surface area contributed by atoms with Gasteiger partial charge in [-0.25, -0.2) is 4.39 Å². The van der Waals surface area contributed by atoms with Crippen molar-refractivity contribution < 1.29 is 9.13 Å². The number of rotatable bonds is 7. The number of hydrogen-bond donors (Lipinski definition) is 4. The van der Waals surface area contributed by atoms with E-state index in [0.717, 1.165) is 33.2 Å². The van der Waals surface area contributed by atoms with E-state index < -0.39 is 0 Å². The van der Waals surface area contributed by atoms with Gasteiger partial charge in [0.25, 0.3) is 0 Å². The quantitative estimate of drug-likeness (QED) is 0.242. The molecule has 0 aliphatic carbocycles. The number of aromatic nitrogens is 5. The lowest BCUT2D eigenvalue weighted by atomic mass is 9.99. The van der Waals surface area contributed by atoms with Gasteiger partial charge < -0.3 is 20.4 Å². The summed E-state index contributed by atoms with van der Waals surface area (Å²) in [5.74, 6) is 0.159. The van der Waals surface area contributed by atoms with Crippen LogP contribution >= 0.6 is 0 Å². The van der Waals surface area contributed by atoms with Crippen molar-refractivity contribution in [3.8, 4) is 28.3 Å². The number of benzene rings is 2. The van der Waals surface area contributed by atoms with Gasteiger partial charge in [-0.3, -0.25) is 10.1 Å². The number of nitrogens with zero attached hydrogens (tertiary/aromatic N) is 2. The molecule has 8 heteroatoms. The normalized spacial score (nSPS) is 12.4. The van der Waals surface area contributed by atoms with Crippen molar-refractivity contribution in [2.24, 2.45) is 5.73 Å². The Bertz CT molecular complexity index is 1670. The van der Waals surface area contributed by atoms with Crippen molar-refractivity contribution in [2.45, 2.75) is 19.4 Å². The number of aromatic amines is 3. The maximum absolute atomic E-state index is 15.3. The molecule has 1 atom stereocenters. The van der Waals surface area contributed by atoms with E-state index in [9.17, 15) is 0 Å². The highest BCUT2D eigenvalue weighted by Gasteiger charge is 2.18. The number of hydrogen-bond acceptors (Lipinski definition) is 4. The minimum absolute atomic E-state index is 0.225. The number of pyridine rings is 1. The van der Waals surface area contributed by atoms with Crippen LogP contribution in [0.2, 0.25) is 0 Å². The first-order chi connectivity index (χ1) is 17.6. The van der Waals surface area contributed by atoms with Gasteiger partial charge in [-0.05, 0) is 49.2 Å². The molecular weight excluding hydrogens is 455 g/mol. The Morgan fingerprint density at radius 3 is 2.75 bits per heavy atom. The smallest absolute Gasteiger partial charge is 0.138 e. The fourth-order valence-corrected chi connectivity index (χ4v) is 4.64. The number of fused-ring (bicyclic) bond motifs is 2. The number of ether oxygens (including phenoxy) is 1. The maximum atomic E-state index is 15.3. The molecule has 0 aliphatic rings. The highest BCUT2D eigenvalue weighted by molar-refractivity contribution is 5.90. The van der Waals surface area contributed by atoms with Gasteiger partial charge in [0, 0.05) is 51.9 Å². The molecule has 6 rings (SSSR count). The van der Waals surface area contributed by atoms with Crippen molar-refractivity contribution >= 4 is 21.8 Å². The minimum atomic E-state index is -0.367. The molecule has 180 valence electrons. The molecule has 0 saturated carbocycles. The zero-order valence-electron chi connectivity index (χ0n) is 19.7. The zero-order chi connectivity index (χ0) is 24.6. The third kappa shape index (κ3) is 4.01. The van der Waals surface area contributed by atoms with E-state index in [1.54, 1.807) is 12.3 Å². The highest BCUT2D eigenvalue weighted by atomic mass is 19.1. The van der Waals surface area contributed by atoms with Crippen molar-refractivity contribution in [3.05, 3.63) is 90.3 Å². The summed E-state index contributed by atoms with van der Waals surface area (Å²) in [5, 5.41) is 9.09. The zero-order valence-corrected chi connectivity index (χ0v) is 19.7.